The Balaban J connectivity index is 1.93. The molecule has 1 fully saturated rings. The number of nitrogen functional groups attached to an aromatic ring is 1. The molecule has 0 saturated carbocycles. The fraction of sp³-hybridized carbons (Fsp3) is 0.333. The molecule has 0 spiro atoms. The summed E-state index contributed by atoms with van der Waals surface area (Å²) in [4.78, 5) is 24.4. The van der Waals surface area contributed by atoms with Crippen LogP contribution >= 0.6 is 0 Å². The summed E-state index contributed by atoms with van der Waals surface area (Å²) in [6, 6.07) is 7.18. The number of ether oxygens (including phenoxy) is 1. The smallest absolute Gasteiger partial charge is 0.306 e. The van der Waals surface area contributed by atoms with Crippen molar-refractivity contribution in [2.45, 2.75) is 12.5 Å². The molecule has 0 bridgehead atoms. The van der Waals surface area contributed by atoms with E-state index < -0.39 is 12.1 Å². The summed E-state index contributed by atoms with van der Waals surface area (Å²) in [7, 11) is 0. The van der Waals surface area contributed by atoms with E-state index in [1.54, 1.807) is 23.1 Å². The molecule has 0 aromatic heterocycles. The molecule has 6 heteroatoms. The predicted octanol–water partition coefficient (Wildman–Crippen LogP) is 0.984. The van der Waals surface area contributed by atoms with Crippen molar-refractivity contribution < 1.29 is 19.4 Å². The van der Waals surface area contributed by atoms with Crippen LogP contribution in [0.25, 0.3) is 6.08 Å². The Morgan fingerprint density at radius 2 is 2.10 bits per heavy atom. The van der Waals surface area contributed by atoms with Crippen molar-refractivity contribution >= 4 is 23.6 Å². The fourth-order valence-electron chi connectivity index (χ4n) is 2.12. The molecule has 1 amide bonds. The number of amides is 1. The first-order valence-corrected chi connectivity index (χ1v) is 6.70. The zero-order valence-corrected chi connectivity index (χ0v) is 11.6. The van der Waals surface area contributed by atoms with Crippen molar-refractivity contribution in [3.8, 4) is 0 Å². The van der Waals surface area contributed by atoms with Gasteiger partial charge in [-0.2, -0.15) is 0 Å². The van der Waals surface area contributed by atoms with Crippen LogP contribution in [0, 0.1) is 0 Å². The van der Waals surface area contributed by atoms with E-state index in [-0.39, 0.29) is 12.3 Å². The van der Waals surface area contributed by atoms with Crippen molar-refractivity contribution in [1.82, 2.24) is 4.90 Å². The van der Waals surface area contributed by atoms with Gasteiger partial charge in [-0.25, -0.2) is 0 Å². The first kappa shape index (κ1) is 15.1. The van der Waals surface area contributed by atoms with Gasteiger partial charge in [0, 0.05) is 24.9 Å². The van der Waals surface area contributed by atoms with Gasteiger partial charge in [-0.15, -0.1) is 0 Å². The molecule has 3 N–H and O–H groups in total. The number of carboxylic acid groups (broad SMARTS) is 1. The van der Waals surface area contributed by atoms with E-state index in [9.17, 15) is 9.59 Å². The maximum absolute atomic E-state index is 12.1. The molecular weight excluding hydrogens is 272 g/mol. The second-order valence-electron chi connectivity index (χ2n) is 4.87. The molecule has 0 radical (unpaired) electrons. The summed E-state index contributed by atoms with van der Waals surface area (Å²) >= 11 is 0. The average Bonchev–Trinajstić information content (AvgIpc) is 2.46. The largest absolute Gasteiger partial charge is 0.481 e. The minimum atomic E-state index is -0.924. The number of carbonyl (C=O) groups excluding carboxylic acids is 1. The molecule has 2 rings (SSSR count). The first-order chi connectivity index (χ1) is 10.0. The number of morpholine rings is 1. The molecule has 6 nitrogen and oxygen atoms in total. The number of hydrogen-bond donors (Lipinski definition) is 2. The topological polar surface area (TPSA) is 92.9 Å². The molecule has 21 heavy (non-hydrogen) atoms. The number of hydrogen-bond acceptors (Lipinski definition) is 4. The lowest BCUT2D eigenvalue weighted by atomic mass is 10.1. The highest BCUT2D eigenvalue weighted by atomic mass is 16.5. The predicted molar refractivity (Wildman–Crippen MR) is 78.5 cm³/mol. The molecule has 1 saturated heterocycles. The molecule has 112 valence electrons. The zero-order valence-electron chi connectivity index (χ0n) is 11.6. The highest BCUT2D eigenvalue weighted by Gasteiger charge is 2.24. The highest BCUT2D eigenvalue weighted by molar-refractivity contribution is 5.92. The van der Waals surface area contributed by atoms with Gasteiger partial charge in [0.25, 0.3) is 0 Å². The number of anilines is 1. The number of nitrogens with zero attached hydrogens (tertiary/aromatic N) is 1. The van der Waals surface area contributed by atoms with Crippen LogP contribution in [-0.2, 0) is 14.3 Å². The van der Waals surface area contributed by atoms with Gasteiger partial charge in [-0.05, 0) is 23.8 Å². The van der Waals surface area contributed by atoms with Crippen LogP contribution < -0.4 is 5.73 Å². The van der Waals surface area contributed by atoms with Crippen molar-refractivity contribution in [2.24, 2.45) is 0 Å². The van der Waals surface area contributed by atoms with E-state index in [4.69, 9.17) is 15.6 Å². The van der Waals surface area contributed by atoms with Crippen molar-refractivity contribution in [3.05, 3.63) is 35.9 Å². The Hall–Kier alpha value is -2.34. The third-order valence-electron chi connectivity index (χ3n) is 3.21. The second-order valence-corrected chi connectivity index (χ2v) is 4.87. The van der Waals surface area contributed by atoms with Crippen molar-refractivity contribution in [3.63, 3.8) is 0 Å². The van der Waals surface area contributed by atoms with Crippen LogP contribution in [0.4, 0.5) is 5.69 Å². The summed E-state index contributed by atoms with van der Waals surface area (Å²) in [5.74, 6) is -1.07. The van der Waals surface area contributed by atoms with Crippen LogP contribution in [0.2, 0.25) is 0 Å². The summed E-state index contributed by atoms with van der Waals surface area (Å²) in [6.07, 6.45) is 2.66. The number of benzene rings is 1. The number of carbonyl (C=O) groups is 2. The van der Waals surface area contributed by atoms with Gasteiger partial charge in [0.05, 0.1) is 19.1 Å². The number of rotatable bonds is 4. The van der Waals surface area contributed by atoms with Crippen molar-refractivity contribution in [2.75, 3.05) is 25.4 Å². The summed E-state index contributed by atoms with van der Waals surface area (Å²) < 4.78 is 5.33. The van der Waals surface area contributed by atoms with Crippen LogP contribution in [-0.4, -0.2) is 47.7 Å². The number of nitrogens with two attached hydrogens (primary N) is 1. The maximum atomic E-state index is 12.1. The van der Waals surface area contributed by atoms with Gasteiger partial charge >= 0.3 is 5.97 Å². The Morgan fingerprint density at radius 3 is 2.76 bits per heavy atom. The summed E-state index contributed by atoms with van der Waals surface area (Å²) in [6.45, 7) is 1.14. The Morgan fingerprint density at radius 1 is 1.38 bits per heavy atom. The Kier molecular flexibility index (Phi) is 4.94. The molecule has 0 aliphatic carbocycles. The van der Waals surface area contributed by atoms with Gasteiger partial charge in [0.15, 0.2) is 0 Å². The van der Waals surface area contributed by atoms with E-state index >= 15 is 0 Å². The van der Waals surface area contributed by atoms with E-state index in [2.05, 4.69) is 0 Å². The zero-order chi connectivity index (χ0) is 15.2. The second kappa shape index (κ2) is 6.90. The first-order valence-electron chi connectivity index (χ1n) is 6.70. The summed E-state index contributed by atoms with van der Waals surface area (Å²) in [5, 5.41) is 8.76. The lowest BCUT2D eigenvalue weighted by Crippen LogP contribution is -2.45. The summed E-state index contributed by atoms with van der Waals surface area (Å²) in [5.41, 5.74) is 7.15. The monoisotopic (exact) mass is 290 g/mol. The lowest BCUT2D eigenvalue weighted by molar-refractivity contribution is -0.145. The van der Waals surface area contributed by atoms with Crippen LogP contribution in [0.15, 0.2) is 30.3 Å². The van der Waals surface area contributed by atoms with Crippen LogP contribution in [0.5, 0.6) is 0 Å². The fourth-order valence-corrected chi connectivity index (χ4v) is 2.12. The van der Waals surface area contributed by atoms with Crippen LogP contribution in [0.1, 0.15) is 12.0 Å². The van der Waals surface area contributed by atoms with Gasteiger partial charge in [-0.1, -0.05) is 12.1 Å². The van der Waals surface area contributed by atoms with E-state index in [1.807, 2.05) is 12.1 Å². The molecule has 1 unspecified atom stereocenters. The quantitative estimate of drug-likeness (QED) is 0.637. The minimum Gasteiger partial charge on any atom is -0.481 e. The maximum Gasteiger partial charge on any atom is 0.306 e. The normalized spacial score (nSPS) is 18.9. The van der Waals surface area contributed by atoms with Gasteiger partial charge in [0.1, 0.15) is 0 Å². The molecule has 1 atom stereocenters. The number of carboxylic acids is 1. The third kappa shape index (κ3) is 4.61. The van der Waals surface area contributed by atoms with Gasteiger partial charge in [0.2, 0.25) is 5.91 Å². The molecule has 1 aliphatic heterocycles. The molecule has 1 aromatic carbocycles. The minimum absolute atomic E-state index is 0.0918. The van der Waals surface area contributed by atoms with Crippen molar-refractivity contribution in [1.29, 1.82) is 0 Å². The van der Waals surface area contributed by atoms with Gasteiger partial charge in [-0.3, -0.25) is 9.59 Å². The average molecular weight is 290 g/mol. The SMILES string of the molecule is Nc1ccc(/C=C/C(=O)N2CCOC(CC(=O)O)C2)cc1. The van der Waals surface area contributed by atoms with E-state index in [1.165, 1.54) is 6.08 Å². The molecule has 1 aromatic rings. The highest BCUT2D eigenvalue weighted by Crippen LogP contribution is 2.11. The molecular formula is C15H18N2O4. The Labute approximate surface area is 122 Å². The van der Waals surface area contributed by atoms with E-state index in [0.29, 0.717) is 25.4 Å². The van der Waals surface area contributed by atoms with Gasteiger partial charge < -0.3 is 20.5 Å². The van der Waals surface area contributed by atoms with E-state index in [0.717, 1.165) is 5.56 Å². The lowest BCUT2D eigenvalue weighted by Gasteiger charge is -2.31. The number of aliphatic carboxylic acids is 1. The molecule has 1 aliphatic rings. The van der Waals surface area contributed by atoms with Crippen LogP contribution in [0.3, 0.4) is 0 Å². The Bertz CT molecular complexity index is 539. The third-order valence-corrected chi connectivity index (χ3v) is 3.21. The standard InChI is InChI=1S/C15H18N2O4/c16-12-4-1-11(2-5-12)3-6-14(18)17-7-8-21-13(10-17)9-15(19)20/h1-6,13H,7-10,16H2,(H,19,20)/b6-3+. The molecule has 1 heterocycles.